The molecule has 1 atom stereocenters. The van der Waals surface area contributed by atoms with Crippen molar-refractivity contribution in [2.45, 2.75) is 11.8 Å². The molecule has 0 radical (unpaired) electrons. The molecule has 0 saturated carbocycles. The van der Waals surface area contributed by atoms with Gasteiger partial charge in [0.05, 0.1) is 23.4 Å². The van der Waals surface area contributed by atoms with Crippen LogP contribution in [-0.2, 0) is 9.84 Å². The smallest absolute Gasteiger partial charge is 0.180 e. The van der Waals surface area contributed by atoms with Gasteiger partial charge < -0.3 is 10.1 Å². The molecule has 0 saturated heterocycles. The van der Waals surface area contributed by atoms with Gasteiger partial charge in [0.2, 0.25) is 0 Å². The van der Waals surface area contributed by atoms with Crippen LogP contribution in [0.3, 0.4) is 0 Å². The van der Waals surface area contributed by atoms with Crippen molar-refractivity contribution < 1.29 is 13.2 Å². The molecule has 2 rings (SSSR count). The number of sulfone groups is 1. The van der Waals surface area contributed by atoms with Gasteiger partial charge in [-0.3, -0.25) is 0 Å². The summed E-state index contributed by atoms with van der Waals surface area (Å²) in [5.74, 6) is 0.863. The molecule has 88 valence electrons. The maximum Gasteiger partial charge on any atom is 0.180 e. The number of fused-ring (bicyclic) bond motifs is 1. The van der Waals surface area contributed by atoms with Gasteiger partial charge in [0, 0.05) is 12.6 Å². The molecule has 1 heterocycles. The largest absolute Gasteiger partial charge is 0.497 e. The highest BCUT2D eigenvalue weighted by Crippen LogP contribution is 2.30. The van der Waals surface area contributed by atoms with E-state index in [1.54, 1.807) is 18.2 Å². The first-order chi connectivity index (χ1) is 7.53. The number of nitrogens with one attached hydrogen (secondary N) is 1. The maximum atomic E-state index is 12.1. The summed E-state index contributed by atoms with van der Waals surface area (Å²) in [7, 11) is -1.67. The predicted octanol–water partition coefficient (Wildman–Crippen LogP) is 1.53. The number of anilines is 1. The highest BCUT2D eigenvalue weighted by atomic mass is 32.2. The predicted molar refractivity (Wildman–Crippen MR) is 62.7 cm³/mol. The lowest BCUT2D eigenvalue weighted by molar-refractivity contribution is 0.413. The average Bonchev–Trinajstić information content (AvgIpc) is 2.35. The van der Waals surface area contributed by atoms with Crippen molar-refractivity contribution in [2.24, 2.45) is 5.92 Å². The minimum Gasteiger partial charge on any atom is -0.497 e. The summed E-state index contributed by atoms with van der Waals surface area (Å²) in [6.45, 7) is 2.60. The van der Waals surface area contributed by atoms with Crippen molar-refractivity contribution in [1.29, 1.82) is 0 Å². The molecule has 0 aliphatic carbocycles. The van der Waals surface area contributed by atoms with Crippen LogP contribution in [0.25, 0.3) is 0 Å². The third-order valence-electron chi connectivity index (χ3n) is 2.67. The van der Waals surface area contributed by atoms with Crippen LogP contribution < -0.4 is 10.1 Å². The van der Waals surface area contributed by atoms with Crippen LogP contribution >= 0.6 is 0 Å². The van der Waals surface area contributed by atoms with E-state index < -0.39 is 9.84 Å². The topological polar surface area (TPSA) is 55.4 Å². The monoisotopic (exact) mass is 241 g/mol. The van der Waals surface area contributed by atoms with Gasteiger partial charge in [-0.2, -0.15) is 0 Å². The Hall–Kier alpha value is -1.23. The Morgan fingerprint density at radius 3 is 2.88 bits per heavy atom. The summed E-state index contributed by atoms with van der Waals surface area (Å²) < 4.78 is 29.2. The number of hydrogen-bond acceptors (Lipinski definition) is 4. The van der Waals surface area contributed by atoms with Gasteiger partial charge in [-0.1, -0.05) is 6.92 Å². The van der Waals surface area contributed by atoms with Crippen molar-refractivity contribution >= 4 is 15.5 Å². The molecule has 5 heteroatoms. The zero-order valence-corrected chi connectivity index (χ0v) is 10.2. The number of rotatable bonds is 1. The highest BCUT2D eigenvalue weighted by molar-refractivity contribution is 7.91. The molecule has 0 fully saturated rings. The second-order valence-corrected chi connectivity index (χ2v) is 6.13. The summed E-state index contributed by atoms with van der Waals surface area (Å²) in [6.07, 6.45) is 0. The first-order valence-corrected chi connectivity index (χ1v) is 6.83. The zero-order chi connectivity index (χ0) is 11.8. The van der Waals surface area contributed by atoms with Gasteiger partial charge in [0.25, 0.3) is 0 Å². The molecule has 1 aromatic rings. The molecule has 1 aliphatic heterocycles. The van der Waals surface area contributed by atoms with Crippen LogP contribution in [0.2, 0.25) is 0 Å². The van der Waals surface area contributed by atoms with Crippen LogP contribution in [0.1, 0.15) is 6.92 Å². The van der Waals surface area contributed by atoms with E-state index in [4.69, 9.17) is 4.74 Å². The van der Waals surface area contributed by atoms with E-state index in [0.29, 0.717) is 22.9 Å². The molecule has 1 N–H and O–H groups in total. The van der Waals surface area contributed by atoms with Crippen molar-refractivity contribution in [3.8, 4) is 5.75 Å². The molecule has 0 aromatic heterocycles. The number of benzene rings is 1. The normalized spacial score (nSPS) is 22.8. The fourth-order valence-corrected chi connectivity index (χ4v) is 3.66. The minimum atomic E-state index is -3.20. The van der Waals surface area contributed by atoms with Gasteiger partial charge in [0.1, 0.15) is 5.75 Å². The van der Waals surface area contributed by atoms with E-state index in [1.807, 2.05) is 6.92 Å². The average molecular weight is 241 g/mol. The maximum absolute atomic E-state index is 12.1. The Bertz CT molecular complexity index is 496. The van der Waals surface area contributed by atoms with Gasteiger partial charge in [-0.05, 0) is 18.1 Å². The molecule has 0 amide bonds. The summed E-state index contributed by atoms with van der Waals surface area (Å²) in [6, 6.07) is 5.09. The molecule has 1 unspecified atom stereocenters. The van der Waals surface area contributed by atoms with Crippen LogP contribution in [-0.4, -0.2) is 27.8 Å². The van der Waals surface area contributed by atoms with E-state index in [-0.39, 0.29) is 11.7 Å². The first kappa shape index (κ1) is 11.3. The van der Waals surface area contributed by atoms with Crippen molar-refractivity contribution in [3.05, 3.63) is 18.2 Å². The third-order valence-corrected chi connectivity index (χ3v) is 4.68. The Labute approximate surface area is 95.5 Å². The second-order valence-electron chi connectivity index (χ2n) is 4.13. The van der Waals surface area contributed by atoms with Crippen molar-refractivity contribution in [2.75, 3.05) is 24.7 Å². The van der Waals surface area contributed by atoms with Crippen LogP contribution in [0.15, 0.2) is 23.1 Å². The van der Waals surface area contributed by atoms with Gasteiger partial charge in [-0.25, -0.2) is 8.42 Å². The van der Waals surface area contributed by atoms with Crippen LogP contribution in [0.4, 0.5) is 5.69 Å². The summed E-state index contributed by atoms with van der Waals surface area (Å²) in [4.78, 5) is 0.344. The molecule has 1 aliphatic rings. The van der Waals surface area contributed by atoms with Crippen LogP contribution in [0, 0.1) is 5.92 Å². The molecule has 4 nitrogen and oxygen atoms in total. The Balaban J connectivity index is 2.56. The fraction of sp³-hybridized carbons (Fsp3) is 0.455. The quantitative estimate of drug-likeness (QED) is 0.810. The van der Waals surface area contributed by atoms with Crippen LogP contribution in [0.5, 0.6) is 5.75 Å². The van der Waals surface area contributed by atoms with E-state index >= 15 is 0 Å². The molecule has 0 bridgehead atoms. The van der Waals surface area contributed by atoms with E-state index in [2.05, 4.69) is 5.32 Å². The Kier molecular flexibility index (Phi) is 2.80. The lowest BCUT2D eigenvalue weighted by Crippen LogP contribution is -2.15. The van der Waals surface area contributed by atoms with Crippen molar-refractivity contribution in [1.82, 2.24) is 0 Å². The van der Waals surface area contributed by atoms with E-state index in [0.717, 1.165) is 0 Å². The Morgan fingerprint density at radius 2 is 2.19 bits per heavy atom. The van der Waals surface area contributed by atoms with Crippen molar-refractivity contribution in [3.63, 3.8) is 0 Å². The molecule has 0 spiro atoms. The fourth-order valence-electron chi connectivity index (χ4n) is 1.84. The summed E-state index contributed by atoms with van der Waals surface area (Å²) in [5.41, 5.74) is 0.671. The number of ether oxygens (including phenoxy) is 1. The van der Waals surface area contributed by atoms with Gasteiger partial charge >= 0.3 is 0 Å². The van der Waals surface area contributed by atoms with E-state index in [1.165, 1.54) is 7.11 Å². The number of hydrogen-bond donors (Lipinski definition) is 1. The lowest BCUT2D eigenvalue weighted by Gasteiger charge is -2.08. The number of methoxy groups -OCH3 is 1. The minimum absolute atomic E-state index is 0.114. The molecular formula is C11H15NO3S. The molecule has 1 aromatic carbocycles. The second kappa shape index (κ2) is 3.97. The zero-order valence-electron chi connectivity index (χ0n) is 9.36. The summed E-state index contributed by atoms with van der Waals surface area (Å²) in [5, 5.41) is 3.15. The van der Waals surface area contributed by atoms with Gasteiger partial charge in [-0.15, -0.1) is 0 Å². The third kappa shape index (κ3) is 2.00. The first-order valence-electron chi connectivity index (χ1n) is 5.17. The Morgan fingerprint density at radius 1 is 1.44 bits per heavy atom. The standard InChI is InChI=1S/C11H15NO3S/c1-8-6-12-10-4-3-9(15-2)5-11(10)16(13,14)7-8/h3-5,8,12H,6-7H2,1-2H3. The van der Waals surface area contributed by atoms with E-state index in [9.17, 15) is 8.42 Å². The molecular weight excluding hydrogens is 226 g/mol. The summed E-state index contributed by atoms with van der Waals surface area (Å²) >= 11 is 0. The SMILES string of the molecule is COc1ccc2c(c1)S(=O)(=O)CC(C)CN2. The molecule has 16 heavy (non-hydrogen) atoms. The lowest BCUT2D eigenvalue weighted by atomic mass is 10.2. The van der Waals surface area contributed by atoms with Gasteiger partial charge in [0.15, 0.2) is 9.84 Å². The highest BCUT2D eigenvalue weighted by Gasteiger charge is 2.25.